The summed E-state index contributed by atoms with van der Waals surface area (Å²) in [4.78, 5) is 13.2. The molecule has 0 unspecified atom stereocenters. The van der Waals surface area contributed by atoms with Crippen molar-refractivity contribution in [2.75, 3.05) is 12.4 Å². The van der Waals surface area contributed by atoms with E-state index in [1.165, 1.54) is 0 Å². The summed E-state index contributed by atoms with van der Waals surface area (Å²) < 4.78 is 9.15. The Morgan fingerprint density at radius 1 is 1.15 bits per heavy atom. The molecule has 4 aromatic heterocycles. The zero-order valence-electron chi connectivity index (χ0n) is 14.6. The number of hydrogen-bond acceptors (Lipinski definition) is 6. The molecule has 8 nitrogen and oxygen atoms in total. The molecule has 8 heteroatoms. The minimum Gasteiger partial charge on any atom is -0.381 e. The molecule has 0 aromatic carbocycles. The van der Waals surface area contributed by atoms with Gasteiger partial charge in [0.2, 0.25) is 11.7 Å². The van der Waals surface area contributed by atoms with Crippen molar-refractivity contribution in [3.63, 3.8) is 0 Å². The van der Waals surface area contributed by atoms with Crippen LogP contribution in [0.25, 0.3) is 22.4 Å². The molecule has 0 bridgehead atoms. The molecular formula is C18H19N7O. The van der Waals surface area contributed by atoms with Gasteiger partial charge < -0.3 is 10.1 Å². The van der Waals surface area contributed by atoms with Gasteiger partial charge in [0.05, 0.1) is 24.0 Å². The Bertz CT molecular complexity index is 1090. The summed E-state index contributed by atoms with van der Waals surface area (Å²) in [7, 11) is 1.75. The molecule has 0 saturated heterocycles. The molecule has 0 amide bonds. The molecule has 132 valence electrons. The Kier molecular flexibility index (Phi) is 3.39. The predicted molar refractivity (Wildman–Crippen MR) is 97.1 cm³/mol. The number of hydrogen-bond donors (Lipinski definition) is 1. The third kappa shape index (κ3) is 2.41. The van der Waals surface area contributed by atoms with Crippen LogP contribution < -0.4 is 5.32 Å². The lowest BCUT2D eigenvalue weighted by molar-refractivity contribution is 0.0326. The summed E-state index contributed by atoms with van der Waals surface area (Å²) in [5.74, 6) is 1.34. The van der Waals surface area contributed by atoms with Gasteiger partial charge in [-0.3, -0.25) is 4.40 Å². The topological polar surface area (TPSA) is 81.6 Å². The van der Waals surface area contributed by atoms with Crippen molar-refractivity contribution in [1.29, 1.82) is 0 Å². The van der Waals surface area contributed by atoms with Crippen LogP contribution in [0.3, 0.4) is 0 Å². The minimum atomic E-state index is 0.350. The minimum absolute atomic E-state index is 0.350. The van der Waals surface area contributed by atoms with Crippen molar-refractivity contribution < 1.29 is 4.74 Å². The number of nitrogens with zero attached hydrogens (tertiary/aromatic N) is 6. The molecule has 1 fully saturated rings. The van der Waals surface area contributed by atoms with Crippen LogP contribution in [0.4, 0.5) is 5.95 Å². The van der Waals surface area contributed by atoms with Gasteiger partial charge in [-0.05, 0) is 25.8 Å². The first-order valence-electron chi connectivity index (χ1n) is 8.65. The summed E-state index contributed by atoms with van der Waals surface area (Å²) in [6.07, 6.45) is 11.8. The lowest BCUT2D eigenvalue weighted by atomic mass is 9.89. The average Bonchev–Trinajstić information content (AvgIpc) is 3.21. The van der Waals surface area contributed by atoms with Gasteiger partial charge in [-0.15, -0.1) is 5.10 Å². The number of anilines is 1. The van der Waals surface area contributed by atoms with Crippen molar-refractivity contribution in [2.24, 2.45) is 0 Å². The molecule has 0 atom stereocenters. The lowest BCUT2D eigenvalue weighted by Crippen LogP contribution is -2.40. The number of methoxy groups -OCH3 is 1. The zero-order valence-corrected chi connectivity index (χ0v) is 14.6. The Morgan fingerprint density at radius 3 is 2.85 bits per heavy atom. The molecule has 0 radical (unpaired) electrons. The SMILES string of the molecule is CO[C@H]1C[C@H](Nc2ncc3c(-c4cnc5ncc(C)n5c4)ccn3n2)C1. The molecule has 1 saturated carbocycles. The molecule has 4 aromatic rings. The summed E-state index contributed by atoms with van der Waals surface area (Å²) in [6, 6.07) is 2.41. The van der Waals surface area contributed by atoms with Crippen molar-refractivity contribution in [3.05, 3.63) is 42.7 Å². The van der Waals surface area contributed by atoms with Gasteiger partial charge in [0.15, 0.2) is 0 Å². The molecule has 1 N–H and O–H groups in total. The summed E-state index contributed by atoms with van der Waals surface area (Å²) in [5.41, 5.74) is 4.04. The van der Waals surface area contributed by atoms with Crippen molar-refractivity contribution in [2.45, 2.75) is 31.9 Å². The number of rotatable bonds is 4. The third-order valence-electron chi connectivity index (χ3n) is 5.04. The summed E-state index contributed by atoms with van der Waals surface area (Å²) in [5, 5.41) is 7.94. The van der Waals surface area contributed by atoms with Crippen LogP contribution in [0.1, 0.15) is 18.5 Å². The molecule has 5 rings (SSSR count). The van der Waals surface area contributed by atoms with Crippen LogP contribution in [-0.2, 0) is 4.74 Å². The van der Waals surface area contributed by atoms with E-state index >= 15 is 0 Å². The van der Waals surface area contributed by atoms with E-state index in [1.54, 1.807) is 7.11 Å². The van der Waals surface area contributed by atoms with E-state index in [0.717, 1.165) is 35.2 Å². The van der Waals surface area contributed by atoms with E-state index in [-0.39, 0.29) is 0 Å². The monoisotopic (exact) mass is 349 g/mol. The molecule has 26 heavy (non-hydrogen) atoms. The van der Waals surface area contributed by atoms with Gasteiger partial charge in [-0.1, -0.05) is 0 Å². The number of aryl methyl sites for hydroxylation is 1. The largest absolute Gasteiger partial charge is 0.381 e. The van der Waals surface area contributed by atoms with Gasteiger partial charge in [0, 0.05) is 48.6 Å². The molecule has 0 spiro atoms. The quantitative estimate of drug-likeness (QED) is 0.609. The third-order valence-corrected chi connectivity index (χ3v) is 5.04. The van der Waals surface area contributed by atoms with Gasteiger partial charge in [-0.25, -0.2) is 19.5 Å². The molecule has 1 aliphatic rings. The highest BCUT2D eigenvalue weighted by atomic mass is 16.5. The number of ether oxygens (including phenoxy) is 1. The van der Waals surface area contributed by atoms with Gasteiger partial charge >= 0.3 is 0 Å². The van der Waals surface area contributed by atoms with E-state index < -0.39 is 0 Å². The van der Waals surface area contributed by atoms with Crippen molar-refractivity contribution >= 4 is 17.2 Å². The van der Waals surface area contributed by atoms with Crippen LogP contribution >= 0.6 is 0 Å². The fourth-order valence-corrected chi connectivity index (χ4v) is 3.40. The first kappa shape index (κ1) is 15.3. The van der Waals surface area contributed by atoms with Gasteiger partial charge in [0.1, 0.15) is 0 Å². The molecule has 1 aliphatic carbocycles. The normalized spacial score (nSPS) is 19.8. The number of aromatic nitrogens is 6. The van der Waals surface area contributed by atoms with Crippen LogP contribution in [0.15, 0.2) is 37.1 Å². The number of nitrogens with one attached hydrogen (secondary N) is 1. The maximum atomic E-state index is 5.31. The Morgan fingerprint density at radius 2 is 2.00 bits per heavy atom. The number of imidazole rings is 1. The highest BCUT2D eigenvalue weighted by Crippen LogP contribution is 2.27. The summed E-state index contributed by atoms with van der Waals surface area (Å²) >= 11 is 0. The average molecular weight is 349 g/mol. The maximum absolute atomic E-state index is 5.31. The Balaban J connectivity index is 1.46. The Labute approximate surface area is 149 Å². The molecular weight excluding hydrogens is 330 g/mol. The van der Waals surface area contributed by atoms with E-state index in [4.69, 9.17) is 4.74 Å². The summed E-state index contributed by atoms with van der Waals surface area (Å²) in [6.45, 7) is 2.01. The van der Waals surface area contributed by atoms with E-state index in [9.17, 15) is 0 Å². The highest BCUT2D eigenvalue weighted by molar-refractivity contribution is 5.79. The smallest absolute Gasteiger partial charge is 0.241 e. The van der Waals surface area contributed by atoms with E-state index in [0.29, 0.717) is 23.9 Å². The first-order chi connectivity index (χ1) is 12.7. The Hall–Kier alpha value is -3.00. The molecule has 4 heterocycles. The van der Waals surface area contributed by atoms with E-state index in [2.05, 4.69) is 25.4 Å². The predicted octanol–water partition coefficient (Wildman–Crippen LogP) is 2.34. The van der Waals surface area contributed by atoms with Crippen LogP contribution in [-0.4, -0.2) is 48.2 Å². The van der Waals surface area contributed by atoms with Crippen LogP contribution in [0.2, 0.25) is 0 Å². The fraction of sp³-hybridized carbons (Fsp3) is 0.333. The van der Waals surface area contributed by atoms with Crippen molar-refractivity contribution in [1.82, 2.24) is 29.0 Å². The highest BCUT2D eigenvalue weighted by Gasteiger charge is 2.29. The second-order valence-corrected chi connectivity index (χ2v) is 6.72. The van der Waals surface area contributed by atoms with Gasteiger partial charge in [0.25, 0.3) is 0 Å². The lowest BCUT2D eigenvalue weighted by Gasteiger charge is -2.34. The van der Waals surface area contributed by atoms with Gasteiger partial charge in [-0.2, -0.15) is 0 Å². The second kappa shape index (κ2) is 5.77. The van der Waals surface area contributed by atoms with Crippen LogP contribution in [0.5, 0.6) is 0 Å². The fourth-order valence-electron chi connectivity index (χ4n) is 3.40. The maximum Gasteiger partial charge on any atom is 0.241 e. The van der Waals surface area contributed by atoms with E-state index in [1.807, 2.05) is 52.9 Å². The zero-order chi connectivity index (χ0) is 17.7. The van der Waals surface area contributed by atoms with Crippen LogP contribution in [0, 0.1) is 6.92 Å². The number of fused-ring (bicyclic) bond motifs is 2. The van der Waals surface area contributed by atoms with Crippen molar-refractivity contribution in [3.8, 4) is 11.1 Å². The molecule has 0 aliphatic heterocycles. The first-order valence-corrected chi connectivity index (χ1v) is 8.65. The second-order valence-electron chi connectivity index (χ2n) is 6.72. The standard InChI is InChI=1S/C18H19N7O/c1-11-7-20-18-21-8-12(10-24(11)18)15-3-4-25-16(15)9-19-17(23-25)22-13-5-14(6-13)26-2/h3-4,7-10,13-14H,5-6H2,1-2H3,(H,22,23)/t13-,14-.